The van der Waals surface area contributed by atoms with E-state index >= 15 is 0 Å². The molecule has 1 N–H and O–H groups in total. The average molecular weight is 252 g/mol. The fraction of sp³-hybridized carbons (Fsp3) is 0.571. The van der Waals surface area contributed by atoms with Gasteiger partial charge in [0.15, 0.2) is 0 Å². The Kier molecular flexibility index (Phi) is 7.33. The van der Waals surface area contributed by atoms with Crippen LogP contribution < -0.4 is 5.32 Å². The number of thioether (sulfide) groups is 1. The number of rotatable bonds is 8. The Hall–Kier alpha value is -0.510. The molecule has 96 valence electrons. The van der Waals surface area contributed by atoms with Crippen molar-refractivity contribution in [1.82, 2.24) is 10.2 Å². The van der Waals surface area contributed by atoms with Crippen LogP contribution in [-0.4, -0.2) is 37.3 Å². The van der Waals surface area contributed by atoms with Crippen LogP contribution in [0.3, 0.4) is 0 Å². The normalized spacial score (nSPS) is 11.1. The summed E-state index contributed by atoms with van der Waals surface area (Å²) in [5, 5.41) is 3.16. The van der Waals surface area contributed by atoms with Crippen LogP contribution in [0, 0.1) is 0 Å². The van der Waals surface area contributed by atoms with E-state index in [9.17, 15) is 0 Å². The lowest BCUT2D eigenvalue weighted by Gasteiger charge is -2.17. The number of nitrogens with zero attached hydrogens (tertiary/aromatic N) is 1. The van der Waals surface area contributed by atoms with E-state index in [-0.39, 0.29) is 0 Å². The quantitative estimate of drug-likeness (QED) is 0.716. The number of hydrogen-bond donors (Lipinski definition) is 1. The molecular formula is C14H24N2S. The average Bonchev–Trinajstić information content (AvgIpc) is 2.37. The molecule has 0 aromatic heterocycles. The Morgan fingerprint density at radius 1 is 1.12 bits per heavy atom. The fourth-order valence-corrected chi connectivity index (χ4v) is 2.65. The maximum absolute atomic E-state index is 3.16. The molecule has 2 nitrogen and oxygen atoms in total. The number of nitrogens with one attached hydrogen (secondary N) is 1. The third-order valence-corrected chi connectivity index (χ3v) is 3.87. The molecule has 0 aliphatic heterocycles. The molecule has 0 spiro atoms. The SMILES string of the molecule is CCN(CC)CCSc1ccc(CNC)cc1. The van der Waals surface area contributed by atoms with Crippen molar-refractivity contribution >= 4 is 11.8 Å². The molecule has 0 atom stereocenters. The van der Waals surface area contributed by atoms with Crippen LogP contribution in [-0.2, 0) is 6.54 Å². The summed E-state index contributed by atoms with van der Waals surface area (Å²) in [6.45, 7) is 8.87. The van der Waals surface area contributed by atoms with Gasteiger partial charge in [-0.1, -0.05) is 26.0 Å². The second-order valence-corrected chi connectivity index (χ2v) is 5.22. The molecule has 1 aromatic carbocycles. The summed E-state index contributed by atoms with van der Waals surface area (Å²) in [6, 6.07) is 8.85. The Labute approximate surface area is 110 Å². The van der Waals surface area contributed by atoms with Crippen molar-refractivity contribution in [2.24, 2.45) is 0 Å². The summed E-state index contributed by atoms with van der Waals surface area (Å²) >= 11 is 1.94. The van der Waals surface area contributed by atoms with Crippen LogP contribution in [0.4, 0.5) is 0 Å². The Balaban J connectivity index is 2.31. The van der Waals surface area contributed by atoms with Crippen molar-refractivity contribution in [3.63, 3.8) is 0 Å². The largest absolute Gasteiger partial charge is 0.316 e. The van der Waals surface area contributed by atoms with Gasteiger partial charge in [0, 0.05) is 23.7 Å². The molecule has 0 fully saturated rings. The molecule has 0 unspecified atom stereocenters. The van der Waals surface area contributed by atoms with Crippen LogP contribution in [0.1, 0.15) is 19.4 Å². The minimum atomic E-state index is 0.949. The van der Waals surface area contributed by atoms with E-state index in [2.05, 4.69) is 48.3 Å². The first kappa shape index (κ1) is 14.6. The first-order chi connectivity index (χ1) is 8.30. The first-order valence-electron chi connectivity index (χ1n) is 6.38. The maximum atomic E-state index is 3.16. The van der Waals surface area contributed by atoms with E-state index in [1.807, 2.05) is 18.8 Å². The second kappa shape index (κ2) is 8.56. The third kappa shape index (κ3) is 5.57. The van der Waals surface area contributed by atoms with Gasteiger partial charge in [-0.2, -0.15) is 0 Å². The van der Waals surface area contributed by atoms with Crippen LogP contribution in [0.15, 0.2) is 29.2 Å². The van der Waals surface area contributed by atoms with E-state index in [0.29, 0.717) is 0 Å². The summed E-state index contributed by atoms with van der Waals surface area (Å²) in [4.78, 5) is 3.83. The summed E-state index contributed by atoms with van der Waals surface area (Å²) in [5.41, 5.74) is 1.35. The zero-order valence-electron chi connectivity index (χ0n) is 11.2. The highest BCUT2D eigenvalue weighted by Crippen LogP contribution is 2.18. The van der Waals surface area contributed by atoms with Gasteiger partial charge in [-0.05, 0) is 37.8 Å². The molecule has 1 rings (SSSR count). The molecule has 0 aliphatic carbocycles. The lowest BCUT2D eigenvalue weighted by Crippen LogP contribution is -2.25. The zero-order valence-corrected chi connectivity index (χ0v) is 12.0. The first-order valence-corrected chi connectivity index (χ1v) is 7.37. The highest BCUT2D eigenvalue weighted by Gasteiger charge is 1.99. The van der Waals surface area contributed by atoms with Crippen LogP contribution in [0.5, 0.6) is 0 Å². The molecule has 0 saturated carbocycles. The van der Waals surface area contributed by atoms with Crippen LogP contribution >= 0.6 is 11.8 Å². The summed E-state index contributed by atoms with van der Waals surface area (Å²) in [6.07, 6.45) is 0. The van der Waals surface area contributed by atoms with Crippen molar-refractivity contribution < 1.29 is 0 Å². The molecule has 0 aliphatic rings. The van der Waals surface area contributed by atoms with Gasteiger partial charge in [-0.3, -0.25) is 0 Å². The molecule has 0 bridgehead atoms. The lowest BCUT2D eigenvalue weighted by molar-refractivity contribution is 0.324. The number of benzene rings is 1. The van der Waals surface area contributed by atoms with Crippen molar-refractivity contribution in [3.8, 4) is 0 Å². The minimum Gasteiger partial charge on any atom is -0.316 e. The van der Waals surface area contributed by atoms with Crippen molar-refractivity contribution in [1.29, 1.82) is 0 Å². The fourth-order valence-electron chi connectivity index (χ4n) is 1.74. The summed E-state index contributed by atoms with van der Waals surface area (Å²) in [7, 11) is 1.98. The molecule has 1 aromatic rings. The van der Waals surface area contributed by atoms with E-state index in [0.717, 1.165) is 19.6 Å². The zero-order chi connectivity index (χ0) is 12.5. The second-order valence-electron chi connectivity index (χ2n) is 4.05. The Bertz CT molecular complexity index is 294. The van der Waals surface area contributed by atoms with Crippen molar-refractivity contribution in [3.05, 3.63) is 29.8 Å². The Morgan fingerprint density at radius 3 is 2.29 bits per heavy atom. The smallest absolute Gasteiger partial charge is 0.0202 e. The molecule has 0 saturated heterocycles. The van der Waals surface area contributed by atoms with E-state index in [4.69, 9.17) is 0 Å². The molecule has 17 heavy (non-hydrogen) atoms. The molecule has 0 amide bonds. The third-order valence-electron chi connectivity index (χ3n) is 2.87. The predicted molar refractivity (Wildman–Crippen MR) is 77.7 cm³/mol. The highest BCUT2D eigenvalue weighted by atomic mass is 32.2. The van der Waals surface area contributed by atoms with Gasteiger partial charge in [-0.25, -0.2) is 0 Å². The van der Waals surface area contributed by atoms with Gasteiger partial charge in [0.05, 0.1) is 0 Å². The van der Waals surface area contributed by atoms with E-state index < -0.39 is 0 Å². The summed E-state index contributed by atoms with van der Waals surface area (Å²) in [5.74, 6) is 1.17. The van der Waals surface area contributed by atoms with Gasteiger partial charge in [0.1, 0.15) is 0 Å². The monoisotopic (exact) mass is 252 g/mol. The molecular weight excluding hydrogens is 228 g/mol. The highest BCUT2D eigenvalue weighted by molar-refractivity contribution is 7.99. The topological polar surface area (TPSA) is 15.3 Å². The molecule has 3 heteroatoms. The van der Waals surface area contributed by atoms with Crippen molar-refractivity contribution in [2.75, 3.05) is 32.4 Å². The maximum Gasteiger partial charge on any atom is 0.0202 e. The van der Waals surface area contributed by atoms with Gasteiger partial charge in [0.25, 0.3) is 0 Å². The predicted octanol–water partition coefficient (Wildman–Crippen LogP) is 2.84. The van der Waals surface area contributed by atoms with Gasteiger partial charge >= 0.3 is 0 Å². The van der Waals surface area contributed by atoms with Gasteiger partial charge < -0.3 is 10.2 Å². The standard InChI is InChI=1S/C14H24N2S/c1-4-16(5-2)10-11-17-14-8-6-13(7-9-14)12-15-3/h6-9,15H,4-5,10-12H2,1-3H3. The minimum absolute atomic E-state index is 0.949. The van der Waals surface area contributed by atoms with Crippen molar-refractivity contribution in [2.45, 2.75) is 25.3 Å². The number of hydrogen-bond acceptors (Lipinski definition) is 3. The molecule has 0 radical (unpaired) electrons. The van der Waals surface area contributed by atoms with Crippen LogP contribution in [0.2, 0.25) is 0 Å². The van der Waals surface area contributed by atoms with E-state index in [1.54, 1.807) is 0 Å². The summed E-state index contributed by atoms with van der Waals surface area (Å²) < 4.78 is 0. The Morgan fingerprint density at radius 2 is 1.76 bits per heavy atom. The van der Waals surface area contributed by atoms with Gasteiger partial charge in [-0.15, -0.1) is 11.8 Å². The van der Waals surface area contributed by atoms with E-state index in [1.165, 1.54) is 22.8 Å². The van der Waals surface area contributed by atoms with Gasteiger partial charge in [0.2, 0.25) is 0 Å². The van der Waals surface area contributed by atoms with Crippen LogP contribution in [0.25, 0.3) is 0 Å². The molecule has 0 heterocycles. The lowest BCUT2D eigenvalue weighted by atomic mass is 10.2.